The molecule has 0 saturated carbocycles. The van der Waals surface area contributed by atoms with Crippen LogP contribution in [0.15, 0.2) is 41.0 Å². The van der Waals surface area contributed by atoms with Gasteiger partial charge in [0.05, 0.1) is 6.26 Å². The van der Waals surface area contributed by atoms with Crippen molar-refractivity contribution in [2.75, 3.05) is 29.9 Å². The van der Waals surface area contributed by atoms with Crippen molar-refractivity contribution < 1.29 is 14.0 Å². The summed E-state index contributed by atoms with van der Waals surface area (Å²) in [6, 6.07) is 8.57. The van der Waals surface area contributed by atoms with Crippen LogP contribution >= 0.6 is 11.8 Å². The van der Waals surface area contributed by atoms with Crippen molar-refractivity contribution >= 4 is 29.3 Å². The Bertz CT molecular complexity index is 830. The van der Waals surface area contributed by atoms with Crippen molar-refractivity contribution in [3.8, 4) is 0 Å². The average Bonchev–Trinajstić information content (AvgIpc) is 3.24. The summed E-state index contributed by atoms with van der Waals surface area (Å²) >= 11 is 1.99. The molecular formula is C22H29N3O3S. The quantitative estimate of drug-likeness (QED) is 0.724. The van der Waals surface area contributed by atoms with Crippen molar-refractivity contribution in [3.05, 3.63) is 53.5 Å². The van der Waals surface area contributed by atoms with E-state index in [9.17, 15) is 9.59 Å². The first-order chi connectivity index (χ1) is 14.0. The number of hydrogen-bond acceptors (Lipinski definition) is 5. The zero-order valence-corrected chi connectivity index (χ0v) is 18.1. The first-order valence-electron chi connectivity index (χ1n) is 9.99. The van der Waals surface area contributed by atoms with Gasteiger partial charge >= 0.3 is 0 Å². The topological polar surface area (TPSA) is 74.6 Å². The van der Waals surface area contributed by atoms with E-state index in [4.69, 9.17) is 4.42 Å². The minimum atomic E-state index is -0.658. The van der Waals surface area contributed by atoms with Gasteiger partial charge in [-0.3, -0.25) is 14.5 Å². The second kappa shape index (κ2) is 9.98. The van der Waals surface area contributed by atoms with Gasteiger partial charge in [-0.25, -0.2) is 0 Å². The minimum absolute atomic E-state index is 0.0664. The molecule has 1 aliphatic rings. The average molecular weight is 416 g/mol. The number of nitrogens with one attached hydrogen (secondary N) is 2. The number of hydrogen-bond donors (Lipinski definition) is 2. The van der Waals surface area contributed by atoms with Crippen LogP contribution in [-0.2, 0) is 11.3 Å². The van der Waals surface area contributed by atoms with E-state index in [1.807, 2.05) is 44.7 Å². The third-order valence-electron chi connectivity index (χ3n) is 5.18. The van der Waals surface area contributed by atoms with E-state index < -0.39 is 11.9 Å². The van der Waals surface area contributed by atoms with Crippen LogP contribution in [0, 0.1) is 12.8 Å². The normalized spacial score (nSPS) is 15.9. The molecule has 0 radical (unpaired) electrons. The monoisotopic (exact) mass is 415 g/mol. The molecule has 3 rings (SSSR count). The third-order valence-corrected chi connectivity index (χ3v) is 6.12. The van der Waals surface area contributed by atoms with E-state index in [2.05, 4.69) is 21.6 Å². The van der Waals surface area contributed by atoms with E-state index in [1.54, 1.807) is 12.1 Å². The van der Waals surface area contributed by atoms with E-state index in [0.29, 0.717) is 0 Å². The molecule has 1 fully saturated rings. The van der Waals surface area contributed by atoms with Crippen LogP contribution in [0.25, 0.3) is 0 Å². The molecule has 1 aromatic carbocycles. The van der Waals surface area contributed by atoms with Gasteiger partial charge in [0.1, 0.15) is 6.04 Å². The molecule has 0 spiro atoms. The zero-order valence-electron chi connectivity index (χ0n) is 17.2. The standard InChI is InChI=1S/C22H29N3O3S/c1-15(2)20(24-21(26)19-8-5-11-28-19)22(27)23-18-7-4-6-17(16(18)3)14-25-9-12-29-13-10-25/h4-8,11,15,20H,9-10,12-14H2,1-3H3,(H,23,27)(H,24,26). The highest BCUT2D eigenvalue weighted by Crippen LogP contribution is 2.22. The molecule has 156 valence electrons. The summed E-state index contributed by atoms with van der Waals surface area (Å²) in [5, 5.41) is 5.80. The lowest BCUT2D eigenvalue weighted by molar-refractivity contribution is -0.118. The van der Waals surface area contributed by atoms with Gasteiger partial charge in [0.15, 0.2) is 5.76 Å². The fourth-order valence-corrected chi connectivity index (χ4v) is 4.33. The van der Waals surface area contributed by atoms with E-state index >= 15 is 0 Å². The first kappa shape index (κ1) is 21.5. The summed E-state index contributed by atoms with van der Waals surface area (Å²) in [6.45, 7) is 8.92. The lowest BCUT2D eigenvalue weighted by Gasteiger charge is -2.27. The molecule has 29 heavy (non-hydrogen) atoms. The molecular weight excluding hydrogens is 386 g/mol. The number of amides is 2. The Kier molecular flexibility index (Phi) is 7.39. The fourth-order valence-electron chi connectivity index (χ4n) is 3.36. The highest BCUT2D eigenvalue weighted by molar-refractivity contribution is 7.99. The van der Waals surface area contributed by atoms with Gasteiger partial charge in [0.2, 0.25) is 5.91 Å². The lowest BCUT2D eigenvalue weighted by atomic mass is 10.0. The van der Waals surface area contributed by atoms with Crippen molar-refractivity contribution in [1.29, 1.82) is 0 Å². The summed E-state index contributed by atoms with van der Waals surface area (Å²) < 4.78 is 5.13. The van der Waals surface area contributed by atoms with E-state index in [0.717, 1.165) is 30.9 Å². The number of benzene rings is 1. The van der Waals surface area contributed by atoms with Crippen molar-refractivity contribution in [3.63, 3.8) is 0 Å². The molecule has 6 nitrogen and oxygen atoms in total. The molecule has 1 aromatic heterocycles. The molecule has 2 heterocycles. The van der Waals surface area contributed by atoms with Crippen molar-refractivity contribution in [1.82, 2.24) is 10.2 Å². The molecule has 1 aliphatic heterocycles. The first-order valence-corrected chi connectivity index (χ1v) is 11.1. The maximum absolute atomic E-state index is 12.9. The molecule has 1 unspecified atom stereocenters. The van der Waals surface area contributed by atoms with Gasteiger partial charge in [0.25, 0.3) is 5.91 Å². The maximum atomic E-state index is 12.9. The largest absolute Gasteiger partial charge is 0.459 e. The number of rotatable bonds is 7. The molecule has 7 heteroatoms. The second-order valence-electron chi connectivity index (χ2n) is 7.64. The van der Waals surface area contributed by atoms with Crippen LogP contribution in [0.2, 0.25) is 0 Å². The summed E-state index contributed by atoms with van der Waals surface area (Å²) in [7, 11) is 0. The van der Waals surface area contributed by atoms with Gasteiger partial charge in [-0.05, 0) is 42.2 Å². The Morgan fingerprint density at radius 2 is 1.93 bits per heavy atom. The molecule has 1 saturated heterocycles. The molecule has 2 amide bonds. The maximum Gasteiger partial charge on any atom is 0.287 e. The number of carbonyl (C=O) groups is 2. The van der Waals surface area contributed by atoms with Gasteiger partial charge in [-0.1, -0.05) is 26.0 Å². The third kappa shape index (κ3) is 5.64. The SMILES string of the molecule is Cc1c(CN2CCSCC2)cccc1NC(=O)C(NC(=O)c1ccco1)C(C)C. The molecule has 1 atom stereocenters. The van der Waals surface area contributed by atoms with Crippen molar-refractivity contribution in [2.24, 2.45) is 5.92 Å². The Hall–Kier alpha value is -2.25. The van der Waals surface area contributed by atoms with Gasteiger partial charge in [-0.15, -0.1) is 0 Å². The summed E-state index contributed by atoms with van der Waals surface area (Å²) in [5.41, 5.74) is 3.08. The smallest absolute Gasteiger partial charge is 0.287 e. The predicted molar refractivity (Wildman–Crippen MR) is 117 cm³/mol. The number of nitrogens with zero attached hydrogens (tertiary/aromatic N) is 1. The lowest BCUT2D eigenvalue weighted by Crippen LogP contribution is -2.47. The van der Waals surface area contributed by atoms with E-state index in [1.165, 1.54) is 23.3 Å². The molecule has 0 bridgehead atoms. The van der Waals surface area contributed by atoms with Crippen LogP contribution in [-0.4, -0.2) is 47.4 Å². The Balaban J connectivity index is 1.69. The number of thioether (sulfide) groups is 1. The van der Waals surface area contributed by atoms with E-state index in [-0.39, 0.29) is 17.6 Å². The summed E-state index contributed by atoms with van der Waals surface area (Å²) in [6.07, 6.45) is 1.44. The second-order valence-corrected chi connectivity index (χ2v) is 8.86. The Morgan fingerprint density at radius 1 is 1.17 bits per heavy atom. The Labute approximate surface area is 176 Å². The summed E-state index contributed by atoms with van der Waals surface area (Å²) in [4.78, 5) is 27.7. The highest BCUT2D eigenvalue weighted by Gasteiger charge is 2.26. The van der Waals surface area contributed by atoms with Crippen LogP contribution in [0.3, 0.4) is 0 Å². The molecule has 0 aliphatic carbocycles. The van der Waals surface area contributed by atoms with Gasteiger partial charge < -0.3 is 15.1 Å². The van der Waals surface area contributed by atoms with Crippen molar-refractivity contribution in [2.45, 2.75) is 33.4 Å². The minimum Gasteiger partial charge on any atom is -0.459 e. The van der Waals surface area contributed by atoms with Gasteiger partial charge in [0, 0.05) is 36.8 Å². The zero-order chi connectivity index (χ0) is 20.8. The van der Waals surface area contributed by atoms with Crippen LogP contribution in [0.5, 0.6) is 0 Å². The highest BCUT2D eigenvalue weighted by atomic mass is 32.2. The molecule has 2 N–H and O–H groups in total. The molecule has 2 aromatic rings. The number of furan rings is 1. The summed E-state index contributed by atoms with van der Waals surface area (Å²) in [5.74, 6) is 1.85. The van der Waals surface area contributed by atoms with Crippen LogP contribution in [0.1, 0.15) is 35.5 Å². The fraction of sp³-hybridized carbons (Fsp3) is 0.455. The van der Waals surface area contributed by atoms with Gasteiger partial charge in [-0.2, -0.15) is 11.8 Å². The van der Waals surface area contributed by atoms with Crippen LogP contribution < -0.4 is 10.6 Å². The van der Waals surface area contributed by atoms with Crippen LogP contribution in [0.4, 0.5) is 5.69 Å². The number of carbonyl (C=O) groups excluding carboxylic acids is 2. The predicted octanol–water partition coefficient (Wildman–Crippen LogP) is 3.53. The number of anilines is 1. The Morgan fingerprint density at radius 3 is 2.59 bits per heavy atom.